The van der Waals surface area contributed by atoms with Gasteiger partial charge in [0.2, 0.25) is 5.91 Å². The molecule has 2 N–H and O–H groups in total. The number of benzene rings is 1. The third-order valence-corrected chi connectivity index (χ3v) is 6.08. The monoisotopic (exact) mass is 357 g/mol. The lowest BCUT2D eigenvalue weighted by Gasteiger charge is -2.42. The van der Waals surface area contributed by atoms with Crippen molar-refractivity contribution in [3.63, 3.8) is 0 Å². The highest BCUT2D eigenvalue weighted by atomic mass is 32.1. The summed E-state index contributed by atoms with van der Waals surface area (Å²) in [7, 11) is 0. The molecule has 0 radical (unpaired) electrons. The van der Waals surface area contributed by atoms with Crippen molar-refractivity contribution in [3.05, 3.63) is 39.7 Å². The Morgan fingerprint density at radius 3 is 2.64 bits per heavy atom. The first kappa shape index (κ1) is 18.1. The number of rotatable bonds is 3. The summed E-state index contributed by atoms with van der Waals surface area (Å²) in [6, 6.07) is 8.50. The van der Waals surface area contributed by atoms with Crippen LogP contribution in [-0.4, -0.2) is 34.9 Å². The van der Waals surface area contributed by atoms with Gasteiger partial charge in [0.15, 0.2) is 0 Å². The Bertz CT molecular complexity index is 764. The molecule has 3 rings (SSSR count). The van der Waals surface area contributed by atoms with Gasteiger partial charge in [-0.1, -0.05) is 43.7 Å². The van der Waals surface area contributed by atoms with E-state index in [1.807, 2.05) is 11.8 Å². The van der Waals surface area contributed by atoms with Gasteiger partial charge in [-0.15, -0.1) is 11.3 Å². The minimum atomic E-state index is -0.0304. The summed E-state index contributed by atoms with van der Waals surface area (Å²) in [4.78, 5) is 20.6. The number of carbonyl (C=O) groups is 1. The molecule has 134 valence electrons. The number of nitrogens with two attached hydrogens (primary N) is 1. The number of carbonyl (C=O) groups excluding carboxylic acids is 1. The van der Waals surface area contributed by atoms with E-state index in [-0.39, 0.29) is 17.4 Å². The Labute approximate surface area is 154 Å². The van der Waals surface area contributed by atoms with Crippen LogP contribution in [0.1, 0.15) is 35.7 Å². The SMILES string of the molecule is Cc1ccc(-c2nc(C)sc2CC(=O)N2CCC(N)C(C)(C)C2)cc1. The maximum atomic E-state index is 12.9. The van der Waals surface area contributed by atoms with Crippen LogP contribution in [0.15, 0.2) is 24.3 Å². The molecule has 2 heterocycles. The van der Waals surface area contributed by atoms with Crippen molar-refractivity contribution in [3.8, 4) is 11.3 Å². The van der Waals surface area contributed by atoms with Gasteiger partial charge < -0.3 is 10.6 Å². The Balaban J connectivity index is 1.79. The van der Waals surface area contributed by atoms with Crippen LogP contribution < -0.4 is 5.73 Å². The fourth-order valence-electron chi connectivity index (χ4n) is 3.36. The van der Waals surface area contributed by atoms with E-state index in [1.165, 1.54) is 5.56 Å². The summed E-state index contributed by atoms with van der Waals surface area (Å²) in [5.41, 5.74) is 9.42. The second-order valence-corrected chi connectivity index (χ2v) is 9.03. The van der Waals surface area contributed by atoms with Crippen LogP contribution in [-0.2, 0) is 11.2 Å². The van der Waals surface area contributed by atoms with E-state index in [4.69, 9.17) is 5.73 Å². The highest BCUT2D eigenvalue weighted by Gasteiger charge is 2.35. The molecular weight excluding hydrogens is 330 g/mol. The number of likely N-dealkylation sites (tertiary alicyclic amines) is 1. The average molecular weight is 358 g/mol. The maximum Gasteiger partial charge on any atom is 0.227 e. The van der Waals surface area contributed by atoms with E-state index in [2.05, 4.69) is 50.0 Å². The van der Waals surface area contributed by atoms with Crippen molar-refractivity contribution in [2.75, 3.05) is 13.1 Å². The van der Waals surface area contributed by atoms with E-state index in [9.17, 15) is 4.79 Å². The van der Waals surface area contributed by atoms with Crippen molar-refractivity contribution >= 4 is 17.2 Å². The molecule has 1 fully saturated rings. The zero-order valence-electron chi connectivity index (χ0n) is 15.5. The average Bonchev–Trinajstić information content (AvgIpc) is 2.91. The third kappa shape index (κ3) is 3.93. The largest absolute Gasteiger partial charge is 0.342 e. The highest BCUT2D eigenvalue weighted by Crippen LogP contribution is 2.31. The summed E-state index contributed by atoms with van der Waals surface area (Å²) in [6.45, 7) is 9.84. The Kier molecular flexibility index (Phi) is 4.98. The van der Waals surface area contributed by atoms with Gasteiger partial charge in [0, 0.05) is 29.6 Å². The van der Waals surface area contributed by atoms with E-state index in [1.54, 1.807) is 11.3 Å². The predicted molar refractivity (Wildman–Crippen MR) is 104 cm³/mol. The molecule has 0 bridgehead atoms. The molecule has 1 atom stereocenters. The highest BCUT2D eigenvalue weighted by molar-refractivity contribution is 7.12. The normalized spacial score (nSPS) is 19.9. The van der Waals surface area contributed by atoms with Gasteiger partial charge in [-0.2, -0.15) is 0 Å². The van der Waals surface area contributed by atoms with Crippen molar-refractivity contribution in [2.24, 2.45) is 11.1 Å². The van der Waals surface area contributed by atoms with Gasteiger partial charge in [0.1, 0.15) is 0 Å². The van der Waals surface area contributed by atoms with Gasteiger partial charge in [-0.05, 0) is 25.7 Å². The molecule has 1 aliphatic heterocycles. The maximum absolute atomic E-state index is 12.9. The van der Waals surface area contributed by atoms with Crippen LogP contribution in [0.25, 0.3) is 11.3 Å². The van der Waals surface area contributed by atoms with E-state index < -0.39 is 0 Å². The van der Waals surface area contributed by atoms with Gasteiger partial charge >= 0.3 is 0 Å². The Morgan fingerprint density at radius 2 is 2.00 bits per heavy atom. The molecule has 1 unspecified atom stereocenters. The number of hydrogen-bond acceptors (Lipinski definition) is 4. The number of amides is 1. The van der Waals surface area contributed by atoms with Crippen molar-refractivity contribution in [1.29, 1.82) is 0 Å². The number of aromatic nitrogens is 1. The van der Waals surface area contributed by atoms with Crippen LogP contribution >= 0.6 is 11.3 Å². The van der Waals surface area contributed by atoms with E-state index in [0.717, 1.165) is 40.7 Å². The number of thiazole rings is 1. The smallest absolute Gasteiger partial charge is 0.227 e. The first-order chi connectivity index (χ1) is 11.8. The number of nitrogens with zero attached hydrogens (tertiary/aromatic N) is 2. The molecule has 0 aliphatic carbocycles. The molecule has 25 heavy (non-hydrogen) atoms. The zero-order chi connectivity index (χ0) is 18.2. The summed E-state index contributed by atoms with van der Waals surface area (Å²) >= 11 is 1.62. The van der Waals surface area contributed by atoms with Crippen LogP contribution in [0.2, 0.25) is 0 Å². The van der Waals surface area contributed by atoms with Crippen LogP contribution in [0.4, 0.5) is 0 Å². The van der Waals surface area contributed by atoms with Crippen LogP contribution in [0.3, 0.4) is 0 Å². The molecule has 1 aliphatic rings. The van der Waals surface area contributed by atoms with Crippen molar-refractivity contribution in [1.82, 2.24) is 9.88 Å². The van der Waals surface area contributed by atoms with Crippen LogP contribution in [0, 0.1) is 19.3 Å². The molecule has 1 saturated heterocycles. The Morgan fingerprint density at radius 1 is 1.32 bits per heavy atom. The Hall–Kier alpha value is -1.72. The molecule has 5 heteroatoms. The molecule has 1 amide bonds. The summed E-state index contributed by atoms with van der Waals surface area (Å²) in [5, 5.41) is 0.999. The molecule has 1 aromatic carbocycles. The first-order valence-electron chi connectivity index (χ1n) is 8.83. The topological polar surface area (TPSA) is 59.2 Å². The lowest BCUT2D eigenvalue weighted by Crippen LogP contribution is -2.54. The van der Waals surface area contributed by atoms with Gasteiger partial charge in [-0.3, -0.25) is 4.79 Å². The standard InChI is InChI=1S/C20H27N3OS/c1-13-5-7-15(8-6-13)19-16(25-14(2)22-19)11-18(24)23-10-9-17(21)20(3,4)12-23/h5-8,17H,9-12,21H2,1-4H3. The molecule has 0 spiro atoms. The second-order valence-electron chi connectivity index (χ2n) is 7.75. The third-order valence-electron chi connectivity index (χ3n) is 5.11. The van der Waals surface area contributed by atoms with Gasteiger partial charge in [0.05, 0.1) is 17.1 Å². The van der Waals surface area contributed by atoms with Gasteiger partial charge in [-0.25, -0.2) is 4.98 Å². The summed E-state index contributed by atoms with van der Waals surface area (Å²) in [5.74, 6) is 0.178. The lowest BCUT2D eigenvalue weighted by molar-refractivity contribution is -0.133. The minimum absolute atomic E-state index is 0.0304. The van der Waals surface area contributed by atoms with E-state index >= 15 is 0 Å². The molecular formula is C20H27N3OS. The fourth-order valence-corrected chi connectivity index (χ4v) is 4.31. The second kappa shape index (κ2) is 6.89. The summed E-state index contributed by atoms with van der Waals surface area (Å²) < 4.78 is 0. The minimum Gasteiger partial charge on any atom is -0.342 e. The fraction of sp³-hybridized carbons (Fsp3) is 0.500. The molecule has 0 saturated carbocycles. The molecule has 4 nitrogen and oxygen atoms in total. The van der Waals surface area contributed by atoms with Crippen molar-refractivity contribution in [2.45, 2.75) is 46.6 Å². The van der Waals surface area contributed by atoms with E-state index in [0.29, 0.717) is 6.42 Å². The van der Waals surface area contributed by atoms with Gasteiger partial charge in [0.25, 0.3) is 0 Å². The zero-order valence-corrected chi connectivity index (χ0v) is 16.3. The lowest BCUT2D eigenvalue weighted by atomic mass is 9.79. The molecule has 1 aromatic heterocycles. The molecule has 2 aromatic rings. The number of piperidine rings is 1. The quantitative estimate of drug-likeness (QED) is 0.914. The number of hydrogen-bond donors (Lipinski definition) is 1. The number of aryl methyl sites for hydroxylation is 2. The first-order valence-corrected chi connectivity index (χ1v) is 9.64. The summed E-state index contributed by atoms with van der Waals surface area (Å²) in [6.07, 6.45) is 1.28. The van der Waals surface area contributed by atoms with Crippen LogP contribution in [0.5, 0.6) is 0 Å². The van der Waals surface area contributed by atoms with Crippen molar-refractivity contribution < 1.29 is 4.79 Å². The predicted octanol–water partition coefficient (Wildman–Crippen LogP) is 3.56.